The first-order valence-electron chi connectivity index (χ1n) is 8.74. The average molecular weight is 379 g/mol. The molecule has 2 heterocycles. The minimum atomic E-state index is -1.01. The van der Waals surface area contributed by atoms with Gasteiger partial charge in [0, 0.05) is 31.2 Å². The average Bonchev–Trinajstić information content (AvgIpc) is 2.62. The second kappa shape index (κ2) is 8.05. The van der Waals surface area contributed by atoms with Crippen LogP contribution in [0.1, 0.15) is 18.5 Å². The summed E-state index contributed by atoms with van der Waals surface area (Å²) in [5, 5.41) is 3.38. The van der Waals surface area contributed by atoms with Gasteiger partial charge in [-0.3, -0.25) is 14.9 Å². The molecule has 1 aromatic rings. The van der Waals surface area contributed by atoms with Crippen molar-refractivity contribution in [1.29, 1.82) is 0 Å². The predicted octanol–water partition coefficient (Wildman–Crippen LogP) is 1.29. The maximum absolute atomic E-state index is 12.7. The van der Waals surface area contributed by atoms with Gasteiger partial charge in [0.2, 0.25) is 11.9 Å². The Balaban J connectivity index is 1.93. The molecule has 0 aliphatic carbocycles. The van der Waals surface area contributed by atoms with E-state index in [2.05, 4.69) is 17.3 Å². The van der Waals surface area contributed by atoms with Crippen molar-refractivity contribution in [3.8, 4) is 0 Å². The van der Waals surface area contributed by atoms with Crippen molar-refractivity contribution in [2.75, 3.05) is 39.8 Å². The van der Waals surface area contributed by atoms with Crippen molar-refractivity contribution in [2.24, 2.45) is 10.9 Å². The van der Waals surface area contributed by atoms with Gasteiger partial charge in [0.05, 0.1) is 6.61 Å². The molecule has 1 N–H and O–H groups in total. The van der Waals surface area contributed by atoms with Gasteiger partial charge in [-0.25, -0.2) is 4.99 Å². The molecule has 0 bridgehead atoms. The lowest BCUT2D eigenvalue weighted by molar-refractivity contribution is -0.153. The third-order valence-electron chi connectivity index (χ3n) is 4.65. The molecule has 2 aliphatic heterocycles. The van der Waals surface area contributed by atoms with Crippen LogP contribution >= 0.6 is 11.6 Å². The molecule has 0 unspecified atom stereocenters. The fraction of sp³-hybridized carbons (Fsp3) is 0.500. The second-order valence-corrected chi connectivity index (χ2v) is 6.89. The molecular formula is C18H23ClN4O3. The lowest BCUT2D eigenvalue weighted by atomic mass is 9.91. The predicted molar refractivity (Wildman–Crippen MR) is 99.0 cm³/mol. The fourth-order valence-electron chi connectivity index (χ4n) is 3.14. The van der Waals surface area contributed by atoms with E-state index in [1.54, 1.807) is 31.2 Å². The second-order valence-electron chi connectivity index (χ2n) is 6.46. The van der Waals surface area contributed by atoms with Gasteiger partial charge in [0.1, 0.15) is 6.04 Å². The van der Waals surface area contributed by atoms with Crippen molar-refractivity contribution in [3.63, 3.8) is 0 Å². The molecule has 1 saturated heterocycles. The van der Waals surface area contributed by atoms with E-state index in [0.717, 1.165) is 31.7 Å². The number of benzene rings is 1. The molecule has 2 aliphatic rings. The highest BCUT2D eigenvalue weighted by Crippen LogP contribution is 2.31. The SMILES string of the molecule is CCOC(=O)[C@@H]1C(=O)NC(N2CCN(C)CC2)=N[C@@H]1c1ccc(Cl)cc1. The summed E-state index contributed by atoms with van der Waals surface area (Å²) >= 11 is 5.97. The van der Waals surface area contributed by atoms with E-state index < -0.39 is 17.9 Å². The molecule has 0 spiro atoms. The largest absolute Gasteiger partial charge is 0.465 e. The van der Waals surface area contributed by atoms with E-state index >= 15 is 0 Å². The summed E-state index contributed by atoms with van der Waals surface area (Å²) < 4.78 is 5.11. The highest BCUT2D eigenvalue weighted by Gasteiger charge is 2.42. The third kappa shape index (κ3) is 3.99. The van der Waals surface area contributed by atoms with Crippen LogP contribution in [0.4, 0.5) is 0 Å². The Morgan fingerprint density at radius 2 is 1.92 bits per heavy atom. The number of esters is 1. The Labute approximate surface area is 158 Å². The van der Waals surface area contributed by atoms with Gasteiger partial charge in [0.15, 0.2) is 5.92 Å². The van der Waals surface area contributed by atoms with Gasteiger partial charge in [0.25, 0.3) is 0 Å². The summed E-state index contributed by atoms with van der Waals surface area (Å²) in [7, 11) is 2.06. The summed E-state index contributed by atoms with van der Waals surface area (Å²) in [5.41, 5.74) is 0.758. The normalized spacial score (nSPS) is 24.0. The van der Waals surface area contributed by atoms with Crippen molar-refractivity contribution >= 4 is 29.4 Å². The van der Waals surface area contributed by atoms with E-state index in [9.17, 15) is 9.59 Å². The lowest BCUT2D eigenvalue weighted by Crippen LogP contribution is -2.56. The zero-order valence-electron chi connectivity index (χ0n) is 14.9. The van der Waals surface area contributed by atoms with Crippen LogP contribution in [0, 0.1) is 5.92 Å². The van der Waals surface area contributed by atoms with Gasteiger partial charge < -0.3 is 14.5 Å². The summed E-state index contributed by atoms with van der Waals surface area (Å²) in [6.07, 6.45) is 0. The first-order chi connectivity index (χ1) is 12.5. The van der Waals surface area contributed by atoms with Gasteiger partial charge in [-0.05, 0) is 31.7 Å². The van der Waals surface area contributed by atoms with Crippen LogP contribution in [0.5, 0.6) is 0 Å². The Morgan fingerprint density at radius 1 is 1.27 bits per heavy atom. The number of hydrogen-bond acceptors (Lipinski definition) is 6. The lowest BCUT2D eigenvalue weighted by Gasteiger charge is -2.37. The molecule has 1 amide bonds. The van der Waals surface area contributed by atoms with E-state index in [1.165, 1.54) is 0 Å². The van der Waals surface area contributed by atoms with Crippen LogP contribution < -0.4 is 5.32 Å². The van der Waals surface area contributed by atoms with Crippen LogP contribution in [-0.4, -0.2) is 67.5 Å². The standard InChI is InChI=1S/C18H23ClN4O3/c1-3-26-17(25)14-15(12-4-6-13(19)7-5-12)20-18(21-16(14)24)23-10-8-22(2)9-11-23/h4-7,14-15H,3,8-11H2,1-2H3,(H,20,21,24)/t14-,15+/m0/s1. The van der Waals surface area contributed by atoms with Crippen LogP contribution in [0.3, 0.4) is 0 Å². The molecule has 0 aromatic heterocycles. The molecule has 1 aromatic carbocycles. The van der Waals surface area contributed by atoms with Gasteiger partial charge in [-0.15, -0.1) is 0 Å². The van der Waals surface area contributed by atoms with Crippen molar-refractivity contribution in [1.82, 2.24) is 15.1 Å². The summed E-state index contributed by atoms with van der Waals surface area (Å²) in [6.45, 7) is 5.25. The maximum atomic E-state index is 12.7. The number of likely N-dealkylation sites (N-methyl/N-ethyl adjacent to an activating group) is 1. The van der Waals surface area contributed by atoms with E-state index in [1.807, 2.05) is 4.90 Å². The first-order valence-corrected chi connectivity index (χ1v) is 9.11. The molecule has 140 valence electrons. The maximum Gasteiger partial charge on any atom is 0.321 e. The quantitative estimate of drug-likeness (QED) is 0.633. The Hall–Kier alpha value is -2.12. The summed E-state index contributed by atoms with van der Waals surface area (Å²) in [6, 6.07) is 6.42. The van der Waals surface area contributed by atoms with Crippen molar-refractivity contribution in [3.05, 3.63) is 34.9 Å². The number of guanidine groups is 1. The highest BCUT2D eigenvalue weighted by molar-refractivity contribution is 6.30. The van der Waals surface area contributed by atoms with E-state index in [0.29, 0.717) is 11.0 Å². The molecule has 8 heteroatoms. The number of nitrogens with zero attached hydrogens (tertiary/aromatic N) is 3. The minimum absolute atomic E-state index is 0.213. The monoisotopic (exact) mass is 378 g/mol. The van der Waals surface area contributed by atoms with Crippen LogP contribution in [0.2, 0.25) is 5.02 Å². The first kappa shape index (κ1) is 18.7. The topological polar surface area (TPSA) is 74.2 Å². The molecule has 0 saturated carbocycles. The molecular weight excluding hydrogens is 356 g/mol. The Bertz CT molecular complexity index is 699. The number of piperazine rings is 1. The Morgan fingerprint density at radius 3 is 2.54 bits per heavy atom. The van der Waals surface area contributed by atoms with Crippen molar-refractivity contribution < 1.29 is 14.3 Å². The third-order valence-corrected chi connectivity index (χ3v) is 4.90. The molecule has 26 heavy (non-hydrogen) atoms. The van der Waals surface area contributed by atoms with Crippen LogP contribution in [0.25, 0.3) is 0 Å². The number of carbonyl (C=O) groups excluding carboxylic acids is 2. The number of nitrogens with one attached hydrogen (secondary N) is 1. The van der Waals surface area contributed by atoms with Gasteiger partial charge >= 0.3 is 5.97 Å². The van der Waals surface area contributed by atoms with E-state index in [-0.39, 0.29) is 12.5 Å². The summed E-state index contributed by atoms with van der Waals surface area (Å²) in [4.78, 5) is 34.1. The van der Waals surface area contributed by atoms with Gasteiger partial charge in [-0.2, -0.15) is 0 Å². The van der Waals surface area contributed by atoms with Crippen LogP contribution in [0.15, 0.2) is 29.3 Å². The summed E-state index contributed by atoms with van der Waals surface area (Å²) in [5.74, 6) is -1.44. The molecule has 0 radical (unpaired) electrons. The number of aliphatic imine (C=N–C) groups is 1. The van der Waals surface area contributed by atoms with E-state index in [4.69, 9.17) is 21.3 Å². The number of hydrogen-bond donors (Lipinski definition) is 1. The zero-order valence-corrected chi connectivity index (χ0v) is 15.7. The minimum Gasteiger partial charge on any atom is -0.465 e. The zero-order chi connectivity index (χ0) is 18.7. The number of ether oxygens (including phenoxy) is 1. The van der Waals surface area contributed by atoms with Crippen molar-refractivity contribution in [2.45, 2.75) is 13.0 Å². The fourth-order valence-corrected chi connectivity index (χ4v) is 3.27. The molecule has 1 fully saturated rings. The number of rotatable bonds is 3. The number of carbonyl (C=O) groups is 2. The highest BCUT2D eigenvalue weighted by atomic mass is 35.5. The molecule has 7 nitrogen and oxygen atoms in total. The number of amides is 1. The van der Waals surface area contributed by atoms with Crippen LogP contribution in [-0.2, 0) is 14.3 Å². The smallest absolute Gasteiger partial charge is 0.321 e. The molecule has 3 rings (SSSR count). The Kier molecular flexibility index (Phi) is 5.78. The van der Waals surface area contributed by atoms with Gasteiger partial charge in [-0.1, -0.05) is 23.7 Å². The number of halogens is 1. The molecule has 2 atom stereocenters.